The summed E-state index contributed by atoms with van der Waals surface area (Å²) in [6.07, 6.45) is -3.29. The van der Waals surface area contributed by atoms with Crippen molar-refractivity contribution < 1.29 is 113 Å². The molecule has 2 amide bonds. The summed E-state index contributed by atoms with van der Waals surface area (Å²) in [6, 6.07) is 13.7. The molecule has 0 aliphatic carbocycles. The summed E-state index contributed by atoms with van der Waals surface area (Å²) in [5.74, 6) is 0.899. The zero-order chi connectivity index (χ0) is 71.5. The predicted molar refractivity (Wildman–Crippen MR) is 344 cm³/mol. The number of carbonyl (C=O) groups is 3. The lowest BCUT2D eigenvalue weighted by Crippen LogP contribution is -2.52. The van der Waals surface area contributed by atoms with Crippen LogP contribution < -0.4 is 31.4 Å². The van der Waals surface area contributed by atoms with Gasteiger partial charge in [0.05, 0.1) is 35.6 Å². The van der Waals surface area contributed by atoms with E-state index in [1.807, 2.05) is 61.5 Å². The quantitative estimate of drug-likeness (QED) is 0.0512. The minimum atomic E-state index is -4.67. The molecule has 7 aliphatic heterocycles. The minimum absolute atomic E-state index is 0.0660. The van der Waals surface area contributed by atoms with Crippen LogP contribution in [0.2, 0.25) is 0 Å². The maximum absolute atomic E-state index is 12.0. The van der Waals surface area contributed by atoms with Crippen molar-refractivity contribution in [1.29, 1.82) is 0 Å². The maximum atomic E-state index is 12.0. The van der Waals surface area contributed by atoms with Gasteiger partial charge in [-0.15, -0.1) is 0 Å². The number of hydrogen-bond donors (Lipinski definition) is 8. The van der Waals surface area contributed by atoms with Crippen LogP contribution in [-0.4, -0.2) is 158 Å². The molecule has 8 N–H and O–H groups in total. The van der Waals surface area contributed by atoms with Crippen molar-refractivity contribution in [1.82, 2.24) is 0 Å². The van der Waals surface area contributed by atoms with Gasteiger partial charge < -0.3 is 92.0 Å². The molecule has 2 aromatic heterocycles. The Hall–Kier alpha value is -5.74. The molecule has 95 heavy (non-hydrogen) atoms. The van der Waals surface area contributed by atoms with Crippen LogP contribution in [0.1, 0.15) is 157 Å². The standard InChI is InChI=1S/C20H25NO5.C19H23NO5.C10H18O4.C10H16O4.C7H14O4.H2O4S/c1-11-10-20(4,5)26-19(12(11)2)24-15-7-6-14-8-16(21-13(3)22)18(23)25-17(14)9-15;1-10-9-23-19(12(3)11(10)2)24-15-6-5-14-7-16(20-13(4)21)18(22)25-17(14)8-15;2*1-9(2)5-6-7(8(11)14-9)13-10(3,4)12-6;1-7(2)3-4(8)5(9)6(10)11-7;1-5(2,3)4/h6-9,11-12,19H,10H2,1-5H3,(H,21,22);5-8,10-12,19H,9H2,1-4H3,(H,20,21);6-8,11H,5H2,1-4H3;6-7H,5H2,1-4H3;4-6,8-10H,3H2,1-2H3;(H2,1,2,3,4)/t11-,12?,19+;10-,11-,12?,19-;6-,7?,8?;6-,7?;4-,5-,6?;/m00111./s1. The molecule has 0 bridgehead atoms. The van der Waals surface area contributed by atoms with E-state index in [9.17, 15) is 34.2 Å². The Morgan fingerprint density at radius 3 is 1.48 bits per heavy atom. The number of esters is 1. The molecule has 7 saturated heterocycles. The molecular weight excluding hydrogens is 1270 g/mol. The molecule has 15 atom stereocenters. The first-order valence-electron chi connectivity index (χ1n) is 31.6. The van der Waals surface area contributed by atoms with E-state index in [0.717, 1.165) is 12.8 Å². The van der Waals surface area contributed by atoms with Gasteiger partial charge in [0, 0.05) is 67.9 Å². The largest absolute Gasteiger partial charge is 0.465 e. The molecule has 29 heteroatoms. The number of aliphatic hydroxyl groups is 4. The van der Waals surface area contributed by atoms with Crippen LogP contribution in [0.25, 0.3) is 21.9 Å². The lowest BCUT2D eigenvalue weighted by Gasteiger charge is -2.43. The fourth-order valence-electron chi connectivity index (χ4n) is 11.9. The van der Waals surface area contributed by atoms with Gasteiger partial charge in [-0.05, 0) is 144 Å². The predicted octanol–water partition coefficient (Wildman–Crippen LogP) is 8.15. The van der Waals surface area contributed by atoms with Crippen molar-refractivity contribution in [2.24, 2.45) is 29.6 Å². The van der Waals surface area contributed by atoms with Crippen molar-refractivity contribution in [3.63, 3.8) is 0 Å². The number of carbonyl (C=O) groups excluding carboxylic acids is 3. The number of cyclic esters (lactones) is 1. The smallest absolute Gasteiger partial charge is 0.394 e. The zero-order valence-electron chi connectivity index (χ0n) is 57.6. The summed E-state index contributed by atoms with van der Waals surface area (Å²) < 4.78 is 104. The molecule has 28 nitrogen and oxygen atoms in total. The number of rotatable bonds is 6. The van der Waals surface area contributed by atoms with Crippen LogP contribution in [-0.2, 0) is 67.4 Å². The zero-order valence-corrected chi connectivity index (χ0v) is 58.4. The number of aliphatic hydroxyl groups excluding tert-OH is 4. The fraction of sp³-hybridized carbons (Fsp3) is 0.682. The van der Waals surface area contributed by atoms with Crippen molar-refractivity contribution in [3.8, 4) is 11.5 Å². The van der Waals surface area contributed by atoms with Gasteiger partial charge in [0.25, 0.3) is 0 Å². The Kier molecular flexibility index (Phi) is 25.2. The maximum Gasteiger partial charge on any atom is 0.394 e. The van der Waals surface area contributed by atoms with E-state index >= 15 is 0 Å². The van der Waals surface area contributed by atoms with Crippen molar-refractivity contribution in [2.75, 3.05) is 17.2 Å². The second-order valence-corrected chi connectivity index (χ2v) is 29.5. The van der Waals surface area contributed by atoms with Gasteiger partial charge in [-0.2, -0.15) is 8.42 Å². The van der Waals surface area contributed by atoms with Crippen LogP contribution in [0.15, 0.2) is 67.0 Å². The number of ether oxygens (including phenoxy) is 11. The van der Waals surface area contributed by atoms with E-state index in [-0.39, 0.29) is 83.1 Å². The Balaban J connectivity index is 0.000000191. The van der Waals surface area contributed by atoms with E-state index in [0.29, 0.717) is 70.6 Å². The molecule has 534 valence electrons. The molecule has 0 saturated carbocycles. The molecule has 7 aliphatic rings. The third-order valence-electron chi connectivity index (χ3n) is 16.7. The molecule has 11 rings (SSSR count). The lowest BCUT2D eigenvalue weighted by molar-refractivity contribution is -0.273. The Bertz CT molecular complexity index is 3520. The molecule has 2 aromatic carbocycles. The molecule has 9 heterocycles. The van der Waals surface area contributed by atoms with E-state index in [4.69, 9.17) is 88.7 Å². The molecule has 6 unspecified atom stereocenters. The number of fused-ring (bicyclic) bond motifs is 4. The molecule has 0 radical (unpaired) electrons. The number of nitrogens with one attached hydrogen (secondary N) is 2. The number of anilines is 2. The Morgan fingerprint density at radius 1 is 0.526 bits per heavy atom. The van der Waals surface area contributed by atoms with Gasteiger partial charge in [0.1, 0.15) is 58.0 Å². The van der Waals surface area contributed by atoms with Crippen LogP contribution in [0, 0.1) is 29.6 Å². The van der Waals surface area contributed by atoms with Gasteiger partial charge >= 0.3 is 27.6 Å². The second kappa shape index (κ2) is 30.6. The normalized spacial score (nSPS) is 31.8. The SMILES string of the molecule is CC(=O)Nc1cc2ccc(O[C@@H]3OC(C)(C)C[C@H](C)C3C)cc2oc1=O.CC(=O)Nc1cc2ccc(O[C@@H]3OC[C@H](C)[C@H](C)C3C)cc2oc1=O.CC1(C)C[C@@H](O)[C@@H](O)C(O)O1.CC1(C)C[C@H]2OC(C)(C)OC2C(=O)O1.CC1(C)C[C@H]2OC(C)(C)OC2C(O)O1.O=S(=O)(O)O. The first-order valence-corrected chi connectivity index (χ1v) is 33.0. The van der Waals surface area contributed by atoms with E-state index < -0.39 is 75.3 Å². The second-order valence-electron chi connectivity index (χ2n) is 28.6. The highest BCUT2D eigenvalue weighted by molar-refractivity contribution is 7.79. The van der Waals surface area contributed by atoms with E-state index in [1.165, 1.54) is 13.8 Å². The van der Waals surface area contributed by atoms with Crippen molar-refractivity contribution in [2.45, 2.75) is 253 Å². The summed E-state index contributed by atoms with van der Waals surface area (Å²) in [4.78, 5) is 57.8. The topological polar surface area (TPSA) is 393 Å². The van der Waals surface area contributed by atoms with Crippen LogP contribution in [0.3, 0.4) is 0 Å². The van der Waals surface area contributed by atoms with Gasteiger partial charge in [-0.3, -0.25) is 18.7 Å². The molecule has 4 aromatic rings. The number of hydrogen-bond acceptors (Lipinski definition) is 24. The molecular formula is C66H98N2O26S. The molecule has 7 fully saturated rings. The first-order chi connectivity index (χ1) is 43.5. The Morgan fingerprint density at radius 2 is 0.979 bits per heavy atom. The van der Waals surface area contributed by atoms with E-state index in [1.54, 1.807) is 56.3 Å². The summed E-state index contributed by atoms with van der Waals surface area (Å²) in [5.41, 5.74) is -1.72. The summed E-state index contributed by atoms with van der Waals surface area (Å²) in [5, 5.41) is 43.4. The number of benzene rings is 2. The first kappa shape index (κ1) is 78.3. The van der Waals surface area contributed by atoms with Crippen LogP contribution >= 0.6 is 0 Å². The third kappa shape index (κ3) is 22.9. The third-order valence-corrected chi connectivity index (χ3v) is 16.7. The monoisotopic (exact) mass is 1370 g/mol. The van der Waals surface area contributed by atoms with Crippen molar-refractivity contribution in [3.05, 3.63) is 69.4 Å². The van der Waals surface area contributed by atoms with Gasteiger partial charge in [0.15, 0.2) is 30.3 Å². The average molecular weight is 1370 g/mol. The lowest BCUT2D eigenvalue weighted by atomic mass is 9.82. The number of amides is 2. The van der Waals surface area contributed by atoms with Crippen molar-refractivity contribution >= 4 is 61.5 Å². The molecule has 0 spiro atoms. The minimum Gasteiger partial charge on any atom is -0.465 e. The summed E-state index contributed by atoms with van der Waals surface area (Å²) in [7, 11) is -4.67. The fourth-order valence-corrected chi connectivity index (χ4v) is 11.9. The summed E-state index contributed by atoms with van der Waals surface area (Å²) in [6.45, 7) is 36.8. The highest BCUT2D eigenvalue weighted by Gasteiger charge is 2.54. The average Bonchev–Trinajstić information content (AvgIpc) is 1.68. The van der Waals surface area contributed by atoms with Crippen LogP contribution in [0.4, 0.5) is 11.4 Å². The Labute approximate surface area is 553 Å². The van der Waals surface area contributed by atoms with Crippen LogP contribution in [0.5, 0.6) is 11.5 Å². The summed E-state index contributed by atoms with van der Waals surface area (Å²) >= 11 is 0. The highest BCUT2D eigenvalue weighted by Crippen LogP contribution is 2.42. The van der Waals surface area contributed by atoms with Gasteiger partial charge in [-0.25, -0.2) is 14.4 Å². The van der Waals surface area contributed by atoms with E-state index in [2.05, 4.69) is 59.1 Å². The van der Waals surface area contributed by atoms with Gasteiger partial charge in [-0.1, -0.05) is 34.6 Å². The van der Waals surface area contributed by atoms with Gasteiger partial charge in [0.2, 0.25) is 24.4 Å². The highest BCUT2D eigenvalue weighted by atomic mass is 32.3.